The van der Waals surface area contributed by atoms with Crippen LogP contribution in [0, 0.1) is 6.92 Å². The smallest absolute Gasteiger partial charge is 0.192 e. The van der Waals surface area contributed by atoms with Crippen molar-refractivity contribution in [1.29, 1.82) is 0 Å². The SMILES string of the molecule is Cc1cc(N=C(N)N)nc2ccc3ccccc3c12. The minimum Gasteiger partial charge on any atom is -0.370 e. The number of rotatable bonds is 1. The standard InChI is InChI=1S/C15H14N4/c1-9-8-13(19-15(16)17)18-12-7-6-10-4-2-3-5-11(10)14(9)12/h2-8H,1H3,(H4,16,17,18,19). The summed E-state index contributed by atoms with van der Waals surface area (Å²) in [5.41, 5.74) is 12.8. The van der Waals surface area contributed by atoms with Gasteiger partial charge in [-0.1, -0.05) is 30.3 Å². The first-order valence-electron chi connectivity index (χ1n) is 6.04. The number of hydrogen-bond donors (Lipinski definition) is 2. The molecule has 4 nitrogen and oxygen atoms in total. The molecule has 0 radical (unpaired) electrons. The molecule has 19 heavy (non-hydrogen) atoms. The molecule has 0 saturated heterocycles. The summed E-state index contributed by atoms with van der Waals surface area (Å²) < 4.78 is 0. The normalized spacial score (nSPS) is 10.8. The zero-order chi connectivity index (χ0) is 13.4. The zero-order valence-corrected chi connectivity index (χ0v) is 10.6. The Kier molecular flexibility index (Phi) is 2.56. The third-order valence-electron chi connectivity index (χ3n) is 3.13. The fraction of sp³-hybridized carbons (Fsp3) is 0.0667. The van der Waals surface area contributed by atoms with Crippen LogP contribution >= 0.6 is 0 Å². The van der Waals surface area contributed by atoms with E-state index in [-0.39, 0.29) is 5.96 Å². The highest BCUT2D eigenvalue weighted by Crippen LogP contribution is 2.29. The number of aliphatic imine (C=N–C) groups is 1. The Morgan fingerprint density at radius 1 is 1.11 bits per heavy atom. The number of aromatic nitrogens is 1. The fourth-order valence-electron chi connectivity index (χ4n) is 2.38. The van der Waals surface area contributed by atoms with Gasteiger partial charge in [0.25, 0.3) is 0 Å². The molecule has 94 valence electrons. The van der Waals surface area contributed by atoms with E-state index in [2.05, 4.69) is 28.2 Å². The second-order valence-electron chi connectivity index (χ2n) is 4.51. The quantitative estimate of drug-likeness (QED) is 0.396. The van der Waals surface area contributed by atoms with E-state index in [0.717, 1.165) is 16.5 Å². The third kappa shape index (κ3) is 1.97. The second kappa shape index (κ2) is 4.24. The second-order valence-corrected chi connectivity index (χ2v) is 4.51. The van der Waals surface area contributed by atoms with Crippen LogP contribution in [0.25, 0.3) is 21.7 Å². The molecule has 1 aromatic heterocycles. The zero-order valence-electron chi connectivity index (χ0n) is 10.6. The Morgan fingerprint density at radius 3 is 2.68 bits per heavy atom. The van der Waals surface area contributed by atoms with Gasteiger partial charge in [-0.15, -0.1) is 0 Å². The average molecular weight is 250 g/mol. The fourth-order valence-corrected chi connectivity index (χ4v) is 2.38. The highest BCUT2D eigenvalue weighted by molar-refractivity contribution is 6.08. The monoisotopic (exact) mass is 250 g/mol. The van der Waals surface area contributed by atoms with Gasteiger partial charge in [0, 0.05) is 5.39 Å². The highest BCUT2D eigenvalue weighted by atomic mass is 15.0. The predicted molar refractivity (Wildman–Crippen MR) is 79.5 cm³/mol. The van der Waals surface area contributed by atoms with Gasteiger partial charge in [0.2, 0.25) is 0 Å². The van der Waals surface area contributed by atoms with Crippen LogP contribution in [-0.2, 0) is 0 Å². The lowest BCUT2D eigenvalue weighted by Gasteiger charge is -2.07. The van der Waals surface area contributed by atoms with Crippen LogP contribution in [0.15, 0.2) is 47.5 Å². The number of pyridine rings is 1. The molecule has 0 unspecified atom stereocenters. The van der Waals surface area contributed by atoms with Crippen LogP contribution < -0.4 is 11.5 Å². The van der Waals surface area contributed by atoms with E-state index in [4.69, 9.17) is 11.5 Å². The van der Waals surface area contributed by atoms with Crippen molar-refractivity contribution in [2.45, 2.75) is 6.92 Å². The molecule has 0 saturated carbocycles. The van der Waals surface area contributed by atoms with Gasteiger partial charge < -0.3 is 11.5 Å². The van der Waals surface area contributed by atoms with Crippen molar-refractivity contribution in [1.82, 2.24) is 4.98 Å². The lowest BCUT2D eigenvalue weighted by molar-refractivity contribution is 1.29. The average Bonchev–Trinajstić information content (AvgIpc) is 2.37. The lowest BCUT2D eigenvalue weighted by Crippen LogP contribution is -2.22. The maximum absolute atomic E-state index is 5.40. The minimum absolute atomic E-state index is 0.0204. The topological polar surface area (TPSA) is 77.3 Å². The van der Waals surface area contributed by atoms with Crippen LogP contribution in [-0.4, -0.2) is 10.9 Å². The van der Waals surface area contributed by atoms with Crippen LogP contribution in [0.1, 0.15) is 5.56 Å². The molecule has 1 heterocycles. The van der Waals surface area contributed by atoms with Crippen molar-refractivity contribution in [3.63, 3.8) is 0 Å². The predicted octanol–water partition coefficient (Wildman–Crippen LogP) is 2.60. The first-order valence-corrected chi connectivity index (χ1v) is 6.04. The molecule has 0 fully saturated rings. The summed E-state index contributed by atoms with van der Waals surface area (Å²) in [6.45, 7) is 2.04. The number of guanidine groups is 1. The lowest BCUT2D eigenvalue weighted by atomic mass is 10.0. The van der Waals surface area contributed by atoms with Crippen LogP contribution in [0.2, 0.25) is 0 Å². The van der Waals surface area contributed by atoms with E-state index in [1.165, 1.54) is 10.8 Å². The number of fused-ring (bicyclic) bond motifs is 3. The Labute approximate surface area is 110 Å². The number of hydrogen-bond acceptors (Lipinski definition) is 2. The summed E-state index contributed by atoms with van der Waals surface area (Å²) in [4.78, 5) is 8.49. The van der Waals surface area contributed by atoms with Gasteiger partial charge in [-0.2, -0.15) is 4.99 Å². The summed E-state index contributed by atoms with van der Waals surface area (Å²) in [5, 5.41) is 3.54. The van der Waals surface area contributed by atoms with Crippen molar-refractivity contribution in [2.24, 2.45) is 16.5 Å². The van der Waals surface area contributed by atoms with Gasteiger partial charge in [0.05, 0.1) is 5.52 Å². The molecule has 0 atom stereocenters. The first-order chi connectivity index (χ1) is 9.15. The first kappa shape index (κ1) is 11.5. The number of nitrogens with two attached hydrogens (primary N) is 2. The van der Waals surface area contributed by atoms with Gasteiger partial charge in [-0.05, 0) is 35.4 Å². The van der Waals surface area contributed by atoms with E-state index < -0.39 is 0 Å². The highest BCUT2D eigenvalue weighted by Gasteiger charge is 2.06. The van der Waals surface area contributed by atoms with Gasteiger partial charge in [-0.3, -0.25) is 0 Å². The summed E-state index contributed by atoms with van der Waals surface area (Å²) >= 11 is 0. The molecule has 4 N–H and O–H groups in total. The van der Waals surface area contributed by atoms with Crippen LogP contribution in [0.5, 0.6) is 0 Å². The number of benzene rings is 2. The van der Waals surface area contributed by atoms with E-state index in [0.29, 0.717) is 5.82 Å². The molecule has 0 amide bonds. The Morgan fingerprint density at radius 2 is 1.89 bits per heavy atom. The van der Waals surface area contributed by atoms with Gasteiger partial charge in [0.15, 0.2) is 11.8 Å². The minimum atomic E-state index is 0.0204. The van der Waals surface area contributed by atoms with Gasteiger partial charge in [0.1, 0.15) is 0 Å². The van der Waals surface area contributed by atoms with Crippen molar-refractivity contribution in [2.75, 3.05) is 0 Å². The Bertz CT molecular complexity index is 802. The number of nitrogens with zero attached hydrogens (tertiary/aromatic N) is 2. The van der Waals surface area contributed by atoms with E-state index >= 15 is 0 Å². The molecule has 3 rings (SSSR count). The molecule has 0 spiro atoms. The van der Waals surface area contributed by atoms with Crippen molar-refractivity contribution in [3.05, 3.63) is 48.0 Å². The molecule has 4 heteroatoms. The summed E-state index contributed by atoms with van der Waals surface area (Å²) in [6.07, 6.45) is 0. The summed E-state index contributed by atoms with van der Waals surface area (Å²) in [5.74, 6) is 0.562. The summed E-state index contributed by atoms with van der Waals surface area (Å²) in [7, 11) is 0. The molecule has 0 bridgehead atoms. The summed E-state index contributed by atoms with van der Waals surface area (Å²) in [6, 6.07) is 14.2. The molecule has 0 aliphatic heterocycles. The largest absolute Gasteiger partial charge is 0.370 e. The molecular formula is C15H14N4. The van der Waals surface area contributed by atoms with Gasteiger partial charge in [-0.25, -0.2) is 4.98 Å². The molecular weight excluding hydrogens is 236 g/mol. The van der Waals surface area contributed by atoms with Crippen molar-refractivity contribution in [3.8, 4) is 0 Å². The third-order valence-corrected chi connectivity index (χ3v) is 3.13. The molecule has 0 aliphatic rings. The Hall–Kier alpha value is -2.62. The van der Waals surface area contributed by atoms with Crippen molar-refractivity contribution >= 4 is 33.5 Å². The Balaban J connectivity index is 2.39. The van der Waals surface area contributed by atoms with Gasteiger partial charge >= 0.3 is 0 Å². The van der Waals surface area contributed by atoms with Crippen molar-refractivity contribution < 1.29 is 0 Å². The maximum Gasteiger partial charge on any atom is 0.192 e. The van der Waals surface area contributed by atoms with E-state index in [1.54, 1.807) is 0 Å². The molecule has 3 aromatic rings. The van der Waals surface area contributed by atoms with E-state index in [9.17, 15) is 0 Å². The van der Waals surface area contributed by atoms with E-state index in [1.807, 2.05) is 31.2 Å². The number of aryl methyl sites for hydroxylation is 1. The molecule has 0 aliphatic carbocycles. The van der Waals surface area contributed by atoms with Crippen LogP contribution in [0.4, 0.5) is 5.82 Å². The molecule has 2 aromatic carbocycles. The maximum atomic E-state index is 5.40. The van der Waals surface area contributed by atoms with Crippen LogP contribution in [0.3, 0.4) is 0 Å².